The first-order valence-electron chi connectivity index (χ1n) is 7.56. The molecular weight excluding hydrogens is 328 g/mol. The van der Waals surface area contributed by atoms with Crippen molar-refractivity contribution in [3.63, 3.8) is 0 Å². The zero-order valence-corrected chi connectivity index (χ0v) is 14.3. The molecule has 6 heteroatoms. The summed E-state index contributed by atoms with van der Waals surface area (Å²) in [6.45, 7) is 2.62. The number of ether oxygens (including phenoxy) is 2. The standard InChI is InChI=1S/C18H20O5S/c1-15-2-8-18(9-3-15)24(20,21)13-12-22-10-11-23-17-6-4-16(14-19)5-7-17/h2-9,14H,10-13H2,1H3. The molecular formula is C18H20O5S. The average Bonchev–Trinajstić information content (AvgIpc) is 2.59. The summed E-state index contributed by atoms with van der Waals surface area (Å²) in [5.41, 5.74) is 1.60. The first-order chi connectivity index (χ1) is 11.5. The third kappa shape index (κ3) is 5.47. The van der Waals surface area contributed by atoms with E-state index in [2.05, 4.69) is 0 Å². The van der Waals surface area contributed by atoms with Crippen molar-refractivity contribution in [3.8, 4) is 5.75 Å². The molecule has 0 saturated carbocycles. The lowest BCUT2D eigenvalue weighted by Gasteiger charge is -2.08. The predicted octanol–water partition coefficient (Wildman–Crippen LogP) is 2.68. The number of hydrogen-bond donors (Lipinski definition) is 0. The van der Waals surface area contributed by atoms with Gasteiger partial charge in [-0.15, -0.1) is 0 Å². The first-order valence-corrected chi connectivity index (χ1v) is 9.22. The number of sulfone groups is 1. The van der Waals surface area contributed by atoms with Crippen LogP contribution >= 0.6 is 0 Å². The van der Waals surface area contributed by atoms with Crippen molar-refractivity contribution in [1.82, 2.24) is 0 Å². The van der Waals surface area contributed by atoms with Gasteiger partial charge in [0.05, 0.1) is 23.9 Å². The molecule has 0 atom stereocenters. The van der Waals surface area contributed by atoms with Crippen LogP contribution in [0.4, 0.5) is 0 Å². The van der Waals surface area contributed by atoms with E-state index in [1.54, 1.807) is 48.5 Å². The maximum atomic E-state index is 12.1. The van der Waals surface area contributed by atoms with Crippen molar-refractivity contribution >= 4 is 16.1 Å². The van der Waals surface area contributed by atoms with Crippen molar-refractivity contribution in [2.24, 2.45) is 0 Å². The van der Waals surface area contributed by atoms with Crippen LogP contribution in [0.5, 0.6) is 5.75 Å². The number of benzene rings is 2. The maximum Gasteiger partial charge on any atom is 0.180 e. The Kier molecular flexibility index (Phi) is 6.52. The Hall–Kier alpha value is -2.18. The SMILES string of the molecule is Cc1ccc(S(=O)(=O)CCOCCOc2ccc(C=O)cc2)cc1. The van der Waals surface area contributed by atoms with E-state index >= 15 is 0 Å². The molecule has 0 fully saturated rings. The van der Waals surface area contributed by atoms with Crippen molar-refractivity contribution in [2.75, 3.05) is 25.6 Å². The van der Waals surface area contributed by atoms with Crippen molar-refractivity contribution in [1.29, 1.82) is 0 Å². The van der Waals surface area contributed by atoms with E-state index in [1.165, 1.54) is 0 Å². The molecule has 2 aromatic carbocycles. The number of aldehydes is 1. The van der Waals surface area contributed by atoms with Crippen molar-refractivity contribution < 1.29 is 22.7 Å². The molecule has 0 heterocycles. The quantitative estimate of drug-likeness (QED) is 0.515. The molecule has 0 aliphatic carbocycles. The van der Waals surface area contributed by atoms with Gasteiger partial charge in [-0.25, -0.2) is 8.42 Å². The predicted molar refractivity (Wildman–Crippen MR) is 91.4 cm³/mol. The summed E-state index contributed by atoms with van der Waals surface area (Å²) < 4.78 is 35.0. The summed E-state index contributed by atoms with van der Waals surface area (Å²) in [7, 11) is -3.32. The Morgan fingerprint density at radius 3 is 2.21 bits per heavy atom. The van der Waals surface area contributed by atoms with E-state index in [9.17, 15) is 13.2 Å². The lowest BCUT2D eigenvalue weighted by atomic mass is 10.2. The fraction of sp³-hybridized carbons (Fsp3) is 0.278. The van der Waals surface area contributed by atoms with Gasteiger partial charge in [0, 0.05) is 5.56 Å². The lowest BCUT2D eigenvalue weighted by molar-refractivity contribution is 0.111. The average molecular weight is 348 g/mol. The van der Waals surface area contributed by atoms with Crippen LogP contribution < -0.4 is 4.74 Å². The molecule has 24 heavy (non-hydrogen) atoms. The van der Waals surface area contributed by atoms with E-state index in [0.717, 1.165) is 11.8 Å². The second kappa shape index (κ2) is 8.61. The van der Waals surface area contributed by atoms with E-state index in [4.69, 9.17) is 9.47 Å². The number of rotatable bonds is 9. The molecule has 0 spiro atoms. The van der Waals surface area contributed by atoms with Crippen LogP contribution in [0.2, 0.25) is 0 Å². The molecule has 5 nitrogen and oxygen atoms in total. The van der Waals surface area contributed by atoms with E-state index in [-0.39, 0.29) is 12.4 Å². The number of aryl methyl sites for hydroxylation is 1. The Balaban J connectivity index is 1.68. The van der Waals surface area contributed by atoms with Crippen LogP contribution in [0.15, 0.2) is 53.4 Å². The van der Waals surface area contributed by atoms with Gasteiger partial charge >= 0.3 is 0 Å². The van der Waals surface area contributed by atoms with Crippen LogP contribution in [-0.2, 0) is 14.6 Å². The van der Waals surface area contributed by atoms with Gasteiger partial charge in [0.25, 0.3) is 0 Å². The lowest BCUT2D eigenvalue weighted by Crippen LogP contribution is -2.15. The van der Waals surface area contributed by atoms with Crippen LogP contribution in [0.25, 0.3) is 0 Å². The summed E-state index contributed by atoms with van der Waals surface area (Å²) in [5.74, 6) is 0.570. The van der Waals surface area contributed by atoms with E-state index in [0.29, 0.717) is 29.4 Å². The Morgan fingerprint density at radius 2 is 1.58 bits per heavy atom. The second-order valence-corrected chi connectivity index (χ2v) is 7.39. The van der Waals surface area contributed by atoms with Crippen LogP contribution in [0.3, 0.4) is 0 Å². The highest BCUT2D eigenvalue weighted by Crippen LogP contribution is 2.12. The van der Waals surface area contributed by atoms with Gasteiger partial charge in [0.15, 0.2) is 9.84 Å². The monoisotopic (exact) mass is 348 g/mol. The van der Waals surface area contributed by atoms with Gasteiger partial charge < -0.3 is 9.47 Å². The minimum absolute atomic E-state index is 0.0654. The van der Waals surface area contributed by atoms with Gasteiger partial charge in [-0.05, 0) is 43.3 Å². The Morgan fingerprint density at radius 1 is 0.917 bits per heavy atom. The number of carbonyl (C=O) groups is 1. The van der Waals surface area contributed by atoms with Crippen LogP contribution in [0.1, 0.15) is 15.9 Å². The molecule has 128 valence electrons. The fourth-order valence-electron chi connectivity index (χ4n) is 2.00. The molecule has 0 N–H and O–H groups in total. The molecule has 0 aliphatic heterocycles. The third-order valence-corrected chi connectivity index (χ3v) is 5.08. The minimum Gasteiger partial charge on any atom is -0.491 e. The minimum atomic E-state index is -3.32. The molecule has 0 saturated heterocycles. The molecule has 0 bridgehead atoms. The molecule has 0 amide bonds. The summed E-state index contributed by atoms with van der Waals surface area (Å²) >= 11 is 0. The zero-order chi connectivity index (χ0) is 17.4. The Labute approximate surface area is 142 Å². The van der Waals surface area contributed by atoms with Gasteiger partial charge in [-0.2, -0.15) is 0 Å². The molecule has 0 radical (unpaired) electrons. The molecule has 0 aromatic heterocycles. The largest absolute Gasteiger partial charge is 0.491 e. The first kappa shape index (κ1) is 18.2. The topological polar surface area (TPSA) is 69.7 Å². The van der Waals surface area contributed by atoms with E-state index in [1.807, 2.05) is 6.92 Å². The van der Waals surface area contributed by atoms with Gasteiger partial charge in [-0.1, -0.05) is 17.7 Å². The highest BCUT2D eigenvalue weighted by atomic mass is 32.2. The molecule has 0 unspecified atom stereocenters. The van der Waals surface area contributed by atoms with Gasteiger partial charge in [0.1, 0.15) is 18.6 Å². The summed E-state index contributed by atoms with van der Waals surface area (Å²) in [6, 6.07) is 13.5. The fourth-order valence-corrected chi connectivity index (χ4v) is 3.12. The van der Waals surface area contributed by atoms with E-state index < -0.39 is 9.84 Å². The zero-order valence-electron chi connectivity index (χ0n) is 13.5. The third-order valence-electron chi connectivity index (χ3n) is 3.39. The van der Waals surface area contributed by atoms with Crippen LogP contribution in [0, 0.1) is 6.92 Å². The van der Waals surface area contributed by atoms with Crippen LogP contribution in [-0.4, -0.2) is 40.3 Å². The molecule has 2 aromatic rings. The Bertz CT molecular complexity index is 749. The number of carbonyl (C=O) groups excluding carboxylic acids is 1. The summed E-state index contributed by atoms with van der Waals surface area (Å²) in [5, 5.41) is 0. The molecule has 2 rings (SSSR count). The van der Waals surface area contributed by atoms with Crippen molar-refractivity contribution in [2.45, 2.75) is 11.8 Å². The maximum absolute atomic E-state index is 12.1. The van der Waals surface area contributed by atoms with Gasteiger partial charge in [-0.3, -0.25) is 4.79 Å². The smallest absolute Gasteiger partial charge is 0.180 e. The number of hydrogen-bond acceptors (Lipinski definition) is 5. The second-order valence-electron chi connectivity index (χ2n) is 5.28. The normalized spacial score (nSPS) is 11.2. The highest BCUT2D eigenvalue weighted by molar-refractivity contribution is 7.91. The van der Waals surface area contributed by atoms with Gasteiger partial charge in [0.2, 0.25) is 0 Å². The molecule has 0 aliphatic rings. The summed E-state index contributed by atoms with van der Waals surface area (Å²) in [4.78, 5) is 10.8. The highest BCUT2D eigenvalue weighted by Gasteiger charge is 2.13. The van der Waals surface area contributed by atoms with Crippen molar-refractivity contribution in [3.05, 3.63) is 59.7 Å². The summed E-state index contributed by atoms with van der Waals surface area (Å²) in [6.07, 6.45) is 0.765.